The van der Waals surface area contributed by atoms with Gasteiger partial charge >= 0.3 is 0 Å². The van der Waals surface area contributed by atoms with Gasteiger partial charge in [0.25, 0.3) is 0 Å². The Hall–Kier alpha value is -1.13. The van der Waals surface area contributed by atoms with Gasteiger partial charge < -0.3 is 10.4 Å². The summed E-state index contributed by atoms with van der Waals surface area (Å²) in [6.45, 7) is 5.50. The van der Waals surface area contributed by atoms with E-state index in [0.717, 1.165) is 38.3 Å². The van der Waals surface area contributed by atoms with Crippen LogP contribution in [0.25, 0.3) is 0 Å². The van der Waals surface area contributed by atoms with E-state index in [1.807, 2.05) is 6.20 Å². The summed E-state index contributed by atoms with van der Waals surface area (Å²) in [6.07, 6.45) is 7.75. The summed E-state index contributed by atoms with van der Waals surface area (Å²) in [4.78, 5) is 6.96. The molecular weight excluding hydrogens is 250 g/mol. The Labute approximate surface area is 122 Å². The molecular formula is C16H27N3O. The summed E-state index contributed by atoms with van der Waals surface area (Å²) >= 11 is 0. The number of nitrogens with one attached hydrogen (secondary N) is 1. The fraction of sp³-hybridized carbons (Fsp3) is 0.688. The minimum Gasteiger partial charge on any atom is -0.396 e. The summed E-state index contributed by atoms with van der Waals surface area (Å²) in [7, 11) is 0. The van der Waals surface area contributed by atoms with Crippen molar-refractivity contribution in [1.82, 2.24) is 9.88 Å². The average Bonchev–Trinajstić information content (AvgIpc) is 2.49. The second kappa shape index (κ2) is 8.22. The lowest BCUT2D eigenvalue weighted by molar-refractivity contribution is 0.112. The van der Waals surface area contributed by atoms with Crippen molar-refractivity contribution in [2.24, 2.45) is 0 Å². The summed E-state index contributed by atoms with van der Waals surface area (Å²) in [5, 5.41) is 12.5. The molecule has 0 bridgehead atoms. The molecule has 0 amide bonds. The number of likely N-dealkylation sites (tertiary alicyclic amines) is 1. The summed E-state index contributed by atoms with van der Waals surface area (Å²) in [5.41, 5.74) is 1.26. The third kappa shape index (κ3) is 4.46. The number of aliphatic hydroxyl groups excluding tert-OH is 1. The van der Waals surface area contributed by atoms with Crippen molar-refractivity contribution in [3.05, 3.63) is 23.9 Å². The van der Waals surface area contributed by atoms with Crippen molar-refractivity contribution < 1.29 is 5.11 Å². The van der Waals surface area contributed by atoms with E-state index in [2.05, 4.69) is 34.3 Å². The third-order valence-electron chi connectivity index (χ3n) is 3.98. The highest BCUT2D eigenvalue weighted by Crippen LogP contribution is 2.21. The molecule has 1 aromatic rings. The van der Waals surface area contributed by atoms with Gasteiger partial charge in [0, 0.05) is 31.9 Å². The number of hydrogen-bond donors (Lipinski definition) is 2. The predicted octanol–water partition coefficient (Wildman–Crippen LogP) is 2.64. The number of aliphatic hydroxyl groups is 1. The number of pyridine rings is 1. The highest BCUT2D eigenvalue weighted by molar-refractivity contribution is 5.35. The van der Waals surface area contributed by atoms with E-state index < -0.39 is 0 Å². The van der Waals surface area contributed by atoms with E-state index in [4.69, 9.17) is 0 Å². The lowest BCUT2D eigenvalue weighted by Gasteiger charge is -2.35. The molecule has 1 atom stereocenters. The van der Waals surface area contributed by atoms with Gasteiger partial charge in [0.2, 0.25) is 0 Å². The van der Waals surface area contributed by atoms with Crippen LogP contribution in [0.4, 0.5) is 5.82 Å². The van der Waals surface area contributed by atoms with Gasteiger partial charge in [-0.25, -0.2) is 4.98 Å². The van der Waals surface area contributed by atoms with Crippen LogP contribution in [-0.4, -0.2) is 40.7 Å². The summed E-state index contributed by atoms with van der Waals surface area (Å²) in [6, 6.07) is 4.76. The van der Waals surface area contributed by atoms with E-state index in [9.17, 15) is 5.11 Å². The second-order valence-corrected chi connectivity index (χ2v) is 5.61. The maximum absolute atomic E-state index is 9.17. The first-order chi connectivity index (χ1) is 9.83. The zero-order valence-corrected chi connectivity index (χ0v) is 12.5. The minimum atomic E-state index is 0.291. The van der Waals surface area contributed by atoms with Gasteiger partial charge in [-0.3, -0.25) is 4.90 Å². The van der Waals surface area contributed by atoms with E-state index in [1.165, 1.54) is 24.8 Å². The number of hydrogen-bond acceptors (Lipinski definition) is 4. The standard InChI is InChI=1S/C16H27N3O/c1-2-9-17-16-7-6-14(12-18-16)13-19-10-4-3-5-15(19)8-11-20/h6-7,12,15,20H,2-5,8-11,13H2,1H3,(H,17,18). The van der Waals surface area contributed by atoms with Crippen molar-refractivity contribution in [1.29, 1.82) is 0 Å². The molecule has 2 heterocycles. The molecule has 4 nitrogen and oxygen atoms in total. The van der Waals surface area contributed by atoms with E-state index in [-0.39, 0.29) is 0 Å². The Morgan fingerprint density at radius 2 is 2.30 bits per heavy atom. The fourth-order valence-electron chi connectivity index (χ4n) is 2.85. The summed E-state index contributed by atoms with van der Waals surface area (Å²) < 4.78 is 0. The Balaban J connectivity index is 1.90. The van der Waals surface area contributed by atoms with E-state index >= 15 is 0 Å². The van der Waals surface area contributed by atoms with Crippen LogP contribution in [0.1, 0.15) is 44.6 Å². The van der Waals surface area contributed by atoms with Crippen LogP contribution >= 0.6 is 0 Å². The Bertz CT molecular complexity index is 378. The molecule has 1 aliphatic rings. The third-order valence-corrected chi connectivity index (χ3v) is 3.98. The zero-order chi connectivity index (χ0) is 14.2. The Morgan fingerprint density at radius 3 is 3.00 bits per heavy atom. The molecule has 1 fully saturated rings. The van der Waals surface area contributed by atoms with Gasteiger partial charge in [0.1, 0.15) is 5.82 Å². The van der Waals surface area contributed by atoms with Crippen LogP contribution in [-0.2, 0) is 6.54 Å². The molecule has 4 heteroatoms. The smallest absolute Gasteiger partial charge is 0.125 e. The van der Waals surface area contributed by atoms with Gasteiger partial charge in [0.15, 0.2) is 0 Å². The maximum Gasteiger partial charge on any atom is 0.125 e. The lowest BCUT2D eigenvalue weighted by atomic mass is 9.99. The topological polar surface area (TPSA) is 48.4 Å². The largest absolute Gasteiger partial charge is 0.396 e. The van der Waals surface area contributed by atoms with Crippen LogP contribution in [0, 0.1) is 0 Å². The van der Waals surface area contributed by atoms with Gasteiger partial charge in [-0.05, 0) is 43.9 Å². The van der Waals surface area contributed by atoms with Gasteiger partial charge in [-0.2, -0.15) is 0 Å². The average molecular weight is 277 g/mol. The maximum atomic E-state index is 9.17. The number of aromatic nitrogens is 1. The molecule has 0 radical (unpaired) electrons. The Kier molecular flexibility index (Phi) is 6.27. The molecule has 1 saturated heterocycles. The fourth-order valence-corrected chi connectivity index (χ4v) is 2.85. The molecule has 112 valence electrons. The molecule has 1 aromatic heterocycles. The van der Waals surface area contributed by atoms with Crippen molar-refractivity contribution in [3.8, 4) is 0 Å². The lowest BCUT2D eigenvalue weighted by Crippen LogP contribution is -2.39. The summed E-state index contributed by atoms with van der Waals surface area (Å²) in [5.74, 6) is 0.959. The van der Waals surface area contributed by atoms with Crippen LogP contribution in [0.2, 0.25) is 0 Å². The molecule has 2 rings (SSSR count). The van der Waals surface area contributed by atoms with Crippen molar-refractivity contribution >= 4 is 5.82 Å². The highest BCUT2D eigenvalue weighted by atomic mass is 16.3. The van der Waals surface area contributed by atoms with Crippen LogP contribution < -0.4 is 5.32 Å². The first kappa shape index (κ1) is 15.3. The first-order valence-electron chi connectivity index (χ1n) is 7.87. The highest BCUT2D eigenvalue weighted by Gasteiger charge is 2.21. The van der Waals surface area contributed by atoms with Crippen LogP contribution in [0.5, 0.6) is 0 Å². The SMILES string of the molecule is CCCNc1ccc(CN2CCCCC2CCO)cn1. The first-order valence-corrected chi connectivity index (χ1v) is 7.87. The molecule has 0 spiro atoms. The van der Waals surface area contributed by atoms with Crippen LogP contribution in [0.15, 0.2) is 18.3 Å². The molecule has 1 aliphatic heterocycles. The van der Waals surface area contributed by atoms with E-state index in [1.54, 1.807) is 0 Å². The van der Waals surface area contributed by atoms with E-state index in [0.29, 0.717) is 12.6 Å². The molecule has 1 unspecified atom stereocenters. The zero-order valence-electron chi connectivity index (χ0n) is 12.5. The van der Waals surface area contributed by atoms with Crippen LogP contribution in [0.3, 0.4) is 0 Å². The number of nitrogens with zero attached hydrogens (tertiary/aromatic N) is 2. The number of anilines is 1. The Morgan fingerprint density at radius 1 is 1.40 bits per heavy atom. The molecule has 0 aromatic carbocycles. The van der Waals surface area contributed by atoms with Gasteiger partial charge in [-0.15, -0.1) is 0 Å². The van der Waals surface area contributed by atoms with Crippen molar-refractivity contribution in [2.75, 3.05) is 25.0 Å². The second-order valence-electron chi connectivity index (χ2n) is 5.61. The minimum absolute atomic E-state index is 0.291. The molecule has 20 heavy (non-hydrogen) atoms. The predicted molar refractivity (Wildman–Crippen MR) is 82.8 cm³/mol. The molecule has 0 aliphatic carbocycles. The van der Waals surface area contributed by atoms with Crippen molar-refractivity contribution in [2.45, 2.75) is 51.6 Å². The van der Waals surface area contributed by atoms with Crippen molar-refractivity contribution in [3.63, 3.8) is 0 Å². The van der Waals surface area contributed by atoms with Gasteiger partial charge in [-0.1, -0.05) is 19.4 Å². The number of rotatable bonds is 7. The monoisotopic (exact) mass is 277 g/mol. The quantitative estimate of drug-likeness (QED) is 0.804. The molecule has 0 saturated carbocycles. The number of piperidine rings is 1. The van der Waals surface area contributed by atoms with Gasteiger partial charge in [0.05, 0.1) is 0 Å². The molecule has 2 N–H and O–H groups in total. The normalized spacial score (nSPS) is 20.0.